The largest absolute Gasteiger partial charge is 0.414 e. The molecule has 4 heteroatoms. The molecule has 86 valence electrons. The maximum absolute atomic E-state index is 5.95. The van der Waals surface area contributed by atoms with Gasteiger partial charge in [0.2, 0.25) is 0 Å². The second-order valence-corrected chi connectivity index (χ2v) is 10.8. The Morgan fingerprint density at radius 1 is 1.07 bits per heavy atom. The maximum atomic E-state index is 5.95. The van der Waals surface area contributed by atoms with E-state index in [1.807, 2.05) is 0 Å². The summed E-state index contributed by atoms with van der Waals surface area (Å²) in [5, 5.41) is 0.302. The summed E-state index contributed by atoms with van der Waals surface area (Å²) in [6.45, 7) is 13.6. The maximum Gasteiger partial charge on any atom is 0.192 e. The molecule has 0 spiro atoms. The lowest BCUT2D eigenvalue weighted by atomic mass is 10.2. The third-order valence-electron chi connectivity index (χ3n) is 2.72. The van der Waals surface area contributed by atoms with Crippen molar-refractivity contribution in [2.45, 2.75) is 38.9 Å². The Labute approximate surface area is 103 Å². The van der Waals surface area contributed by atoms with E-state index in [9.17, 15) is 0 Å². The van der Waals surface area contributed by atoms with Gasteiger partial charge in [0.15, 0.2) is 8.32 Å². The third-order valence-corrected chi connectivity index (χ3v) is 7.70. The van der Waals surface area contributed by atoms with Crippen LogP contribution in [0.2, 0.25) is 18.1 Å². The van der Waals surface area contributed by atoms with Crippen molar-refractivity contribution in [3.63, 3.8) is 0 Å². The first-order valence-corrected chi connectivity index (χ1v) is 9.52. The Morgan fingerprint density at radius 2 is 1.64 bits per heavy atom. The van der Waals surface area contributed by atoms with Crippen molar-refractivity contribution in [3.8, 4) is 0 Å². The third kappa shape index (κ3) is 5.68. The van der Waals surface area contributed by atoms with Crippen molar-refractivity contribution in [1.29, 1.82) is 0 Å². The fraction of sp³-hybridized carbons (Fsp3) is 1.00. The van der Waals surface area contributed by atoms with E-state index in [1.54, 1.807) is 0 Å². The lowest BCUT2D eigenvalue weighted by Gasteiger charge is -2.36. The van der Waals surface area contributed by atoms with Crippen LogP contribution in [0.3, 0.4) is 0 Å². The average Bonchev–Trinajstić information content (AvgIpc) is 2.02. The molecule has 0 fully saturated rings. The molecule has 0 aromatic heterocycles. The van der Waals surface area contributed by atoms with Crippen LogP contribution in [-0.4, -0.2) is 32.6 Å². The van der Waals surface area contributed by atoms with E-state index in [0.29, 0.717) is 5.04 Å². The molecule has 0 rings (SSSR count). The summed E-state index contributed by atoms with van der Waals surface area (Å²) in [5.41, 5.74) is 0. The zero-order valence-corrected chi connectivity index (χ0v) is 13.2. The van der Waals surface area contributed by atoms with Crippen LogP contribution in [0.15, 0.2) is 0 Å². The molecule has 0 aliphatic rings. The van der Waals surface area contributed by atoms with Crippen LogP contribution in [0.4, 0.5) is 0 Å². The summed E-state index contributed by atoms with van der Waals surface area (Å²) in [6.07, 6.45) is 0. The van der Waals surface area contributed by atoms with Crippen LogP contribution in [0.25, 0.3) is 0 Å². The number of rotatable bonds is 6. The Bertz CT molecular complexity index is 155. The molecule has 0 aromatic carbocycles. The average molecular weight is 330 g/mol. The van der Waals surface area contributed by atoms with Gasteiger partial charge in [-0.3, -0.25) is 0 Å². The van der Waals surface area contributed by atoms with Gasteiger partial charge in [0.25, 0.3) is 0 Å². The van der Waals surface area contributed by atoms with Crippen LogP contribution in [0.5, 0.6) is 0 Å². The van der Waals surface area contributed by atoms with Crippen molar-refractivity contribution in [1.82, 2.24) is 0 Å². The summed E-state index contributed by atoms with van der Waals surface area (Å²) in [4.78, 5) is 0. The molecule has 0 saturated carbocycles. The lowest BCUT2D eigenvalue weighted by molar-refractivity contribution is 0.108. The van der Waals surface area contributed by atoms with Gasteiger partial charge in [-0.05, 0) is 18.1 Å². The summed E-state index contributed by atoms with van der Waals surface area (Å²) in [5.74, 6) is 0. The first kappa shape index (κ1) is 14.9. The molecule has 0 aliphatic carbocycles. The molecule has 0 heterocycles. The molecule has 0 amide bonds. The SMILES string of the molecule is CC(C)(C)[Si](C)(C)OCCOCCI. The van der Waals surface area contributed by atoms with Gasteiger partial charge in [0.05, 0.1) is 19.8 Å². The lowest BCUT2D eigenvalue weighted by Crippen LogP contribution is -2.41. The van der Waals surface area contributed by atoms with Crippen molar-refractivity contribution >= 4 is 30.9 Å². The topological polar surface area (TPSA) is 18.5 Å². The minimum Gasteiger partial charge on any atom is -0.414 e. The molecule has 0 aromatic rings. The molecular formula is C10H23IO2Si. The van der Waals surface area contributed by atoms with Crippen molar-refractivity contribution in [2.75, 3.05) is 24.2 Å². The van der Waals surface area contributed by atoms with E-state index in [4.69, 9.17) is 9.16 Å². The van der Waals surface area contributed by atoms with Crippen LogP contribution < -0.4 is 0 Å². The van der Waals surface area contributed by atoms with E-state index in [1.165, 1.54) is 0 Å². The summed E-state index contributed by atoms with van der Waals surface area (Å²) >= 11 is 2.31. The van der Waals surface area contributed by atoms with Crippen LogP contribution >= 0.6 is 22.6 Å². The smallest absolute Gasteiger partial charge is 0.192 e. The van der Waals surface area contributed by atoms with E-state index in [-0.39, 0.29) is 0 Å². The Kier molecular flexibility index (Phi) is 6.85. The van der Waals surface area contributed by atoms with Gasteiger partial charge in [0.1, 0.15) is 0 Å². The number of halogens is 1. The van der Waals surface area contributed by atoms with Crippen molar-refractivity contribution in [2.24, 2.45) is 0 Å². The minimum absolute atomic E-state index is 0.302. The molecule has 0 unspecified atom stereocenters. The molecule has 0 radical (unpaired) electrons. The Balaban J connectivity index is 3.67. The molecule has 0 atom stereocenters. The van der Waals surface area contributed by atoms with Crippen LogP contribution in [0, 0.1) is 0 Å². The zero-order chi connectivity index (χ0) is 11.2. The molecule has 14 heavy (non-hydrogen) atoms. The quantitative estimate of drug-likeness (QED) is 0.321. The highest BCUT2D eigenvalue weighted by atomic mass is 127. The fourth-order valence-corrected chi connectivity index (χ4v) is 2.07. The van der Waals surface area contributed by atoms with E-state index in [2.05, 4.69) is 56.5 Å². The van der Waals surface area contributed by atoms with Crippen molar-refractivity contribution < 1.29 is 9.16 Å². The second-order valence-electron chi connectivity index (χ2n) is 4.91. The highest BCUT2D eigenvalue weighted by Gasteiger charge is 2.36. The van der Waals surface area contributed by atoms with E-state index < -0.39 is 8.32 Å². The number of alkyl halides is 1. The van der Waals surface area contributed by atoms with Gasteiger partial charge in [-0.2, -0.15) is 0 Å². The number of hydrogen-bond donors (Lipinski definition) is 0. The first-order chi connectivity index (χ1) is 6.31. The van der Waals surface area contributed by atoms with E-state index >= 15 is 0 Å². The number of ether oxygens (including phenoxy) is 1. The van der Waals surface area contributed by atoms with Gasteiger partial charge in [-0.15, -0.1) is 0 Å². The minimum atomic E-state index is -1.55. The first-order valence-electron chi connectivity index (χ1n) is 5.09. The van der Waals surface area contributed by atoms with Gasteiger partial charge >= 0.3 is 0 Å². The van der Waals surface area contributed by atoms with Gasteiger partial charge in [0, 0.05) is 4.43 Å². The molecular weight excluding hydrogens is 307 g/mol. The molecule has 2 nitrogen and oxygen atoms in total. The zero-order valence-electron chi connectivity index (χ0n) is 10.0. The van der Waals surface area contributed by atoms with Crippen molar-refractivity contribution in [3.05, 3.63) is 0 Å². The summed E-state index contributed by atoms with van der Waals surface area (Å²) < 4.78 is 12.4. The summed E-state index contributed by atoms with van der Waals surface area (Å²) in [6, 6.07) is 0. The number of hydrogen-bond acceptors (Lipinski definition) is 2. The van der Waals surface area contributed by atoms with Gasteiger partial charge < -0.3 is 9.16 Å². The predicted octanol–water partition coefficient (Wildman–Crippen LogP) is 3.46. The predicted molar refractivity (Wildman–Crippen MR) is 72.9 cm³/mol. The van der Waals surface area contributed by atoms with Crippen LogP contribution in [-0.2, 0) is 9.16 Å². The van der Waals surface area contributed by atoms with Crippen LogP contribution in [0.1, 0.15) is 20.8 Å². The molecule has 0 aliphatic heterocycles. The Morgan fingerprint density at radius 3 is 2.07 bits per heavy atom. The second kappa shape index (κ2) is 6.45. The van der Waals surface area contributed by atoms with Gasteiger partial charge in [-0.1, -0.05) is 43.4 Å². The highest BCUT2D eigenvalue weighted by molar-refractivity contribution is 14.1. The monoisotopic (exact) mass is 330 g/mol. The molecule has 0 bridgehead atoms. The van der Waals surface area contributed by atoms with Gasteiger partial charge in [-0.25, -0.2) is 0 Å². The normalized spacial score (nSPS) is 13.3. The van der Waals surface area contributed by atoms with E-state index in [0.717, 1.165) is 24.2 Å². The highest BCUT2D eigenvalue weighted by Crippen LogP contribution is 2.36. The fourth-order valence-electron chi connectivity index (χ4n) is 0.729. The molecule has 0 saturated heterocycles. The summed E-state index contributed by atoms with van der Waals surface area (Å²) in [7, 11) is -1.55. The Hall–Kier alpha value is 0.867. The molecule has 0 N–H and O–H groups in total. The standard InChI is InChI=1S/C10H23IO2Si/c1-10(2,3)14(4,5)13-9-8-12-7-6-11/h6-9H2,1-5H3.